The normalized spacial score (nSPS) is 19.1. The number of benzene rings is 2. The molecule has 2 fully saturated rings. The molecule has 1 saturated heterocycles. The van der Waals surface area contributed by atoms with Crippen LogP contribution in [-0.4, -0.2) is 134 Å². The molecule has 5 aromatic rings. The van der Waals surface area contributed by atoms with Crippen molar-refractivity contribution in [3.63, 3.8) is 0 Å². The van der Waals surface area contributed by atoms with Crippen molar-refractivity contribution in [1.29, 1.82) is 0 Å². The van der Waals surface area contributed by atoms with Crippen molar-refractivity contribution in [1.82, 2.24) is 45.4 Å². The summed E-state index contributed by atoms with van der Waals surface area (Å²) in [6, 6.07) is 12.2. The highest BCUT2D eigenvalue weighted by atomic mass is 16.7. The number of hydrogen-bond acceptors (Lipinski definition) is 18. The summed E-state index contributed by atoms with van der Waals surface area (Å²) >= 11 is 0. The van der Waals surface area contributed by atoms with Crippen LogP contribution in [0.1, 0.15) is 118 Å². The number of nitrogens with one attached hydrogen (secondary N) is 4. The number of pyridine rings is 2. The zero-order valence-corrected chi connectivity index (χ0v) is 48.8. The van der Waals surface area contributed by atoms with Crippen LogP contribution in [-0.2, 0) is 97.2 Å². The second kappa shape index (κ2) is 28.2. The lowest BCUT2D eigenvalue weighted by molar-refractivity contribution is -0.144. The fourth-order valence-electron chi connectivity index (χ4n) is 11.9. The Labute approximate surface area is 496 Å². The molecule has 86 heavy (non-hydrogen) atoms. The quantitative estimate of drug-likeness (QED) is 0.0241. The van der Waals surface area contributed by atoms with E-state index in [1.807, 2.05) is 6.92 Å². The lowest BCUT2D eigenvalue weighted by Crippen LogP contribution is -2.46. The molecule has 0 spiro atoms. The predicted octanol–water partition coefficient (Wildman–Crippen LogP) is 3.98. The van der Waals surface area contributed by atoms with E-state index < -0.39 is 48.7 Å². The average molecular weight is 1190 g/mol. The molecule has 2 aliphatic heterocycles. The highest BCUT2D eigenvalue weighted by Gasteiger charge is 2.49. The minimum atomic E-state index is -1.78. The van der Waals surface area contributed by atoms with Gasteiger partial charge in [-0.05, 0) is 124 Å². The molecule has 25 nitrogen and oxygen atoms in total. The van der Waals surface area contributed by atoms with Gasteiger partial charge in [-0.3, -0.25) is 43.3 Å². The highest BCUT2D eigenvalue weighted by Crippen LogP contribution is 2.43. The summed E-state index contributed by atoms with van der Waals surface area (Å²) in [5.41, 5.74) is 9.39. The van der Waals surface area contributed by atoms with Gasteiger partial charge in [-0.2, -0.15) is 0 Å². The summed E-state index contributed by atoms with van der Waals surface area (Å²) in [6.07, 6.45) is 6.05. The number of phenolic OH excluding ortho intramolecular Hbond substituents is 1. The molecule has 0 bridgehead atoms. The van der Waals surface area contributed by atoms with Gasteiger partial charge in [0.05, 0.1) is 55.9 Å². The van der Waals surface area contributed by atoms with Gasteiger partial charge in [0, 0.05) is 65.5 Å². The van der Waals surface area contributed by atoms with Gasteiger partial charge < -0.3 is 55.6 Å². The fraction of sp³-hybridized carbons (Fsp3) is 0.508. The molecule has 3 atom stereocenters. The molecule has 25 heteroatoms. The lowest BCUT2D eigenvalue weighted by atomic mass is 9.76. The molecule has 3 unspecified atom stereocenters. The third-order valence-electron chi connectivity index (χ3n) is 16.6. The van der Waals surface area contributed by atoms with Crippen LogP contribution in [0, 0.1) is 17.8 Å². The monoisotopic (exact) mass is 1190 g/mol. The first kappa shape index (κ1) is 62.1. The number of aryl methyl sites for hydroxylation is 1. The summed E-state index contributed by atoms with van der Waals surface area (Å²) < 4.78 is 25.7. The van der Waals surface area contributed by atoms with Gasteiger partial charge in [0.2, 0.25) is 35.4 Å². The zero-order chi connectivity index (χ0) is 61.1. The van der Waals surface area contributed by atoms with Gasteiger partial charge >= 0.3 is 6.16 Å². The van der Waals surface area contributed by atoms with E-state index >= 15 is 0 Å². The first-order valence-corrected chi connectivity index (χ1v) is 29.6. The van der Waals surface area contributed by atoms with Crippen LogP contribution >= 0.6 is 0 Å². The van der Waals surface area contributed by atoms with Gasteiger partial charge in [0.25, 0.3) is 5.56 Å². The number of phenols is 1. The Balaban J connectivity index is 0.666. The van der Waals surface area contributed by atoms with E-state index in [-0.39, 0.29) is 124 Å². The minimum absolute atomic E-state index is 0.0138. The van der Waals surface area contributed by atoms with Crippen molar-refractivity contribution in [2.45, 2.75) is 136 Å². The molecule has 4 aliphatic rings. The summed E-state index contributed by atoms with van der Waals surface area (Å²) in [7, 11) is 0. The molecule has 458 valence electrons. The van der Waals surface area contributed by atoms with Crippen LogP contribution in [0.4, 0.5) is 10.5 Å². The second-order valence-corrected chi connectivity index (χ2v) is 22.4. The SMILES string of the molecule is CCc1c2c(nc3ccc(O)cc13)-c1cc3c(c(=O)n1C2)CCC(=O)C3(CC)OC(=O)OCc1ccc(NC(=O)C(CCCCN)NC(=O)COCC(=O)NCCOCCn2cc(CNC(=O)C3CCC(CN4C(=O)CC(C)C4=O)CC3)nn2)cc1. The number of carbonyl (C=O) groups is 8. The van der Waals surface area contributed by atoms with Gasteiger partial charge in [-0.15, -0.1) is 5.10 Å². The largest absolute Gasteiger partial charge is 0.509 e. The van der Waals surface area contributed by atoms with Crippen LogP contribution in [0.15, 0.2) is 59.5 Å². The number of fused-ring (bicyclic) bond motifs is 5. The maximum atomic E-state index is 14.2. The first-order chi connectivity index (χ1) is 41.5. The summed E-state index contributed by atoms with van der Waals surface area (Å²) in [6.45, 7) is 6.66. The highest BCUT2D eigenvalue weighted by molar-refractivity contribution is 6.03. The Kier molecular flexibility index (Phi) is 20.4. The van der Waals surface area contributed by atoms with E-state index in [2.05, 4.69) is 31.6 Å². The summed E-state index contributed by atoms with van der Waals surface area (Å²) in [5, 5.41) is 30.3. The van der Waals surface area contributed by atoms with E-state index in [1.165, 1.54) is 4.90 Å². The number of unbranched alkanes of at least 4 members (excludes halogenated alkanes) is 1. The molecule has 5 heterocycles. The number of Topliss-reactive ketones (excluding diaryl/α,β-unsaturated/α-hetero) is 1. The van der Waals surface area contributed by atoms with Crippen LogP contribution in [0.25, 0.3) is 22.3 Å². The van der Waals surface area contributed by atoms with E-state index in [1.54, 1.807) is 77.8 Å². The number of hydrogen-bond donors (Lipinski definition) is 6. The third-order valence-corrected chi connectivity index (χ3v) is 16.6. The molecule has 0 radical (unpaired) electrons. The summed E-state index contributed by atoms with van der Waals surface area (Å²) in [4.78, 5) is 124. The van der Waals surface area contributed by atoms with E-state index in [0.717, 1.165) is 29.4 Å². The molecule has 7 N–H and O–H groups in total. The van der Waals surface area contributed by atoms with Gasteiger partial charge in [-0.1, -0.05) is 38.1 Å². The topological polar surface area (TPSA) is 337 Å². The van der Waals surface area contributed by atoms with Crippen LogP contribution < -0.4 is 32.6 Å². The number of ketones is 1. The smallest absolute Gasteiger partial charge is 0.508 e. The average Bonchev–Trinajstić information content (AvgIpc) is 1.48. The Morgan fingerprint density at radius 3 is 2.41 bits per heavy atom. The Morgan fingerprint density at radius 2 is 1.67 bits per heavy atom. The van der Waals surface area contributed by atoms with E-state index in [4.69, 9.17) is 29.7 Å². The Morgan fingerprint density at radius 1 is 0.895 bits per heavy atom. The number of likely N-dealkylation sites (tertiary alicyclic amines) is 1. The van der Waals surface area contributed by atoms with E-state index in [0.29, 0.717) is 96.7 Å². The Bertz CT molecular complexity index is 3430. The number of nitrogens with zero attached hydrogens (tertiary/aromatic N) is 6. The van der Waals surface area contributed by atoms with Crippen molar-refractivity contribution in [2.24, 2.45) is 23.5 Å². The molecule has 1 saturated carbocycles. The summed E-state index contributed by atoms with van der Waals surface area (Å²) in [5.74, 6) is -2.32. The maximum absolute atomic E-state index is 14.2. The number of carbonyl (C=O) groups excluding carboxylic acids is 8. The van der Waals surface area contributed by atoms with Gasteiger partial charge in [0.1, 0.15) is 37.3 Å². The van der Waals surface area contributed by atoms with Gasteiger partial charge in [0.15, 0.2) is 11.4 Å². The Hall–Kier alpha value is -8.42. The predicted molar refractivity (Wildman–Crippen MR) is 311 cm³/mol. The standard InChI is InChI=1S/C61H75N11O14/c1-4-43-45-27-42(73)17-19-48(45)67-55-46(43)32-71-50(55)28-47-44(59(71)81)18-20-51(74)61(47,5-2)86-60(82)85-33-38-11-15-40(16-12-38)65-57(79)49(8-6-7-21-62)66-53(76)35-84-34-52(75)63-22-24-83-25-23-70-31-41(68-69-70)29-64-56(78)39-13-9-37(10-14-39)30-72-54(77)26-36(3)58(72)80/h11-12,15-17,19,27-28,31,36-37,39,49,73H,4-10,13-14,18,20-26,29-30,32-35,62H2,1-3H3,(H,63,75)(H,64,78)(H,65,79)(H,66,76). The van der Waals surface area contributed by atoms with Crippen molar-refractivity contribution in [3.8, 4) is 17.1 Å². The number of imide groups is 1. The van der Waals surface area contributed by atoms with Crippen LogP contribution in [0.3, 0.4) is 0 Å². The molecule has 2 aromatic carbocycles. The van der Waals surface area contributed by atoms with Crippen LogP contribution in [0.2, 0.25) is 0 Å². The molecular weight excluding hydrogens is 1110 g/mol. The molecule has 6 amide bonds. The maximum Gasteiger partial charge on any atom is 0.509 e. The number of aromatic nitrogens is 5. The lowest BCUT2D eigenvalue weighted by Gasteiger charge is -2.36. The minimum Gasteiger partial charge on any atom is -0.508 e. The number of aromatic hydroxyl groups is 1. The molecule has 3 aromatic heterocycles. The molecular formula is C61H75N11O14. The van der Waals surface area contributed by atoms with Crippen molar-refractivity contribution >= 4 is 64.0 Å². The van der Waals surface area contributed by atoms with Gasteiger partial charge in [-0.25, -0.2) is 14.5 Å². The molecule has 9 rings (SSSR count). The number of rotatable bonds is 27. The van der Waals surface area contributed by atoms with Crippen LogP contribution in [0.5, 0.6) is 5.75 Å². The number of anilines is 1. The molecule has 2 aliphatic carbocycles. The van der Waals surface area contributed by atoms with Crippen molar-refractivity contribution < 1.29 is 62.4 Å². The fourth-order valence-corrected chi connectivity index (χ4v) is 11.9. The number of ether oxygens (including phenoxy) is 4. The third kappa shape index (κ3) is 14.4. The number of amides is 6. The second-order valence-electron chi connectivity index (χ2n) is 22.4. The van der Waals surface area contributed by atoms with Crippen molar-refractivity contribution in [2.75, 3.05) is 51.4 Å². The van der Waals surface area contributed by atoms with E-state index in [9.17, 15) is 48.3 Å². The number of nitrogens with two attached hydrogens (primary N) is 1. The zero-order valence-electron chi connectivity index (χ0n) is 48.8. The van der Waals surface area contributed by atoms with Crippen molar-refractivity contribution in [3.05, 3.63) is 98.6 Å². The first-order valence-electron chi connectivity index (χ1n) is 29.6.